The van der Waals surface area contributed by atoms with Crippen molar-refractivity contribution in [1.82, 2.24) is 4.90 Å². The quantitative estimate of drug-likeness (QED) is 0.0560. The van der Waals surface area contributed by atoms with Gasteiger partial charge in [0, 0.05) is 32.1 Å². The number of carbonyl (C=O) groups excluding carboxylic acids is 1. The molecule has 0 amide bonds. The smallest absolute Gasteiger partial charge is 0.177 e. The average Bonchev–Trinajstić information content (AvgIpc) is 2.86. The molecule has 1 atom stereocenters. The fourth-order valence-corrected chi connectivity index (χ4v) is 5.72. The molecule has 37 heavy (non-hydrogen) atoms. The Kier molecular flexibility index (Phi) is 27.3. The summed E-state index contributed by atoms with van der Waals surface area (Å²) in [5.41, 5.74) is 0. The van der Waals surface area contributed by atoms with Gasteiger partial charge in [-0.2, -0.15) is 10.6 Å². The van der Waals surface area contributed by atoms with Gasteiger partial charge in [-0.1, -0.05) is 71.1 Å². The summed E-state index contributed by atoms with van der Waals surface area (Å²) in [5.74, 6) is 0. The topological polar surface area (TPSA) is 68.2 Å². The van der Waals surface area contributed by atoms with Gasteiger partial charge in [-0.3, -0.25) is 8.37 Å². The van der Waals surface area contributed by atoms with Crippen LogP contribution < -0.4 is 0 Å². The Balaban J connectivity index is 3.82. The standard InChI is InChI=1S/C30H63NO5S/c1-5-6-7-8-9-10-14-21-28-34-30(2)36-37(3,4)35-29-22-15-12-17-24-31(25-18-20-27-33)23-16-11-13-19-26-32/h26,30,33H,5-25,27-29H2,1-4H3. The molecule has 0 radical (unpaired) electrons. The van der Waals surface area contributed by atoms with Crippen LogP contribution in [0, 0.1) is 0 Å². The molecule has 0 fully saturated rings. The summed E-state index contributed by atoms with van der Waals surface area (Å²) in [6.45, 7) is 9.31. The van der Waals surface area contributed by atoms with Gasteiger partial charge in [0.2, 0.25) is 0 Å². The molecule has 7 heteroatoms. The number of hydrogen-bond acceptors (Lipinski definition) is 6. The van der Waals surface area contributed by atoms with E-state index in [1.54, 1.807) is 0 Å². The zero-order valence-corrected chi connectivity index (χ0v) is 25.9. The van der Waals surface area contributed by atoms with Crippen molar-refractivity contribution in [2.24, 2.45) is 0 Å². The zero-order valence-electron chi connectivity index (χ0n) is 25.1. The fraction of sp³-hybridized carbons (Fsp3) is 0.967. The minimum atomic E-state index is -1.55. The number of nitrogens with zero attached hydrogens (tertiary/aromatic N) is 1. The van der Waals surface area contributed by atoms with Gasteiger partial charge in [0.15, 0.2) is 6.29 Å². The first kappa shape index (κ1) is 36.8. The normalized spacial score (nSPS) is 13.4. The van der Waals surface area contributed by atoms with E-state index in [1.807, 2.05) is 6.92 Å². The van der Waals surface area contributed by atoms with E-state index in [4.69, 9.17) is 18.2 Å². The van der Waals surface area contributed by atoms with E-state index in [0.717, 1.165) is 84.1 Å². The third-order valence-corrected chi connectivity index (χ3v) is 8.10. The van der Waals surface area contributed by atoms with Gasteiger partial charge in [-0.05, 0) is 71.5 Å². The molecule has 0 saturated heterocycles. The summed E-state index contributed by atoms with van der Waals surface area (Å²) in [5, 5.41) is 9.07. The molecular formula is C30H63NO5S. The lowest BCUT2D eigenvalue weighted by Crippen LogP contribution is -2.27. The van der Waals surface area contributed by atoms with E-state index in [9.17, 15) is 4.79 Å². The maximum atomic E-state index is 10.5. The monoisotopic (exact) mass is 549 g/mol. The van der Waals surface area contributed by atoms with E-state index >= 15 is 0 Å². The number of unbranched alkanes of at least 4 members (excludes halogenated alkanes) is 14. The molecule has 0 heterocycles. The van der Waals surface area contributed by atoms with E-state index in [2.05, 4.69) is 24.3 Å². The largest absolute Gasteiger partial charge is 0.396 e. The minimum absolute atomic E-state index is 0.218. The van der Waals surface area contributed by atoms with Crippen molar-refractivity contribution in [2.75, 3.05) is 52.0 Å². The van der Waals surface area contributed by atoms with Crippen LogP contribution in [0.4, 0.5) is 0 Å². The molecule has 0 aromatic carbocycles. The van der Waals surface area contributed by atoms with Crippen LogP contribution in [0.25, 0.3) is 0 Å². The summed E-state index contributed by atoms with van der Waals surface area (Å²) in [6, 6.07) is 0. The van der Waals surface area contributed by atoms with Crippen molar-refractivity contribution in [2.45, 2.75) is 136 Å². The minimum Gasteiger partial charge on any atom is -0.396 e. The van der Waals surface area contributed by atoms with E-state index in [-0.39, 0.29) is 12.9 Å². The lowest BCUT2D eigenvalue weighted by atomic mass is 10.1. The molecule has 0 bridgehead atoms. The van der Waals surface area contributed by atoms with Crippen molar-refractivity contribution in [3.8, 4) is 0 Å². The van der Waals surface area contributed by atoms with Crippen LogP contribution >= 0.6 is 10.6 Å². The van der Waals surface area contributed by atoms with Crippen LogP contribution in [0.3, 0.4) is 0 Å². The lowest BCUT2D eigenvalue weighted by molar-refractivity contribution is -0.107. The Morgan fingerprint density at radius 1 is 0.730 bits per heavy atom. The SMILES string of the molecule is CCCCCCCCCCOC(C)OS(C)(C)OCCCCCCN(CCCCO)CCCCCC=O. The second-order valence-electron chi connectivity index (χ2n) is 10.7. The number of aliphatic hydroxyl groups is 1. The number of hydrogen-bond donors (Lipinski definition) is 1. The highest BCUT2D eigenvalue weighted by atomic mass is 32.3. The first-order valence-electron chi connectivity index (χ1n) is 15.4. The summed E-state index contributed by atoms with van der Waals surface area (Å²) >= 11 is 0. The molecule has 0 aliphatic rings. The van der Waals surface area contributed by atoms with Crippen LogP contribution in [0.1, 0.15) is 129 Å². The first-order valence-corrected chi connectivity index (χ1v) is 17.7. The lowest BCUT2D eigenvalue weighted by Gasteiger charge is -2.37. The molecule has 0 rings (SSSR count). The summed E-state index contributed by atoms with van der Waals surface area (Å²) in [7, 11) is -1.55. The van der Waals surface area contributed by atoms with Gasteiger partial charge in [-0.15, -0.1) is 0 Å². The Labute approximate surface area is 232 Å². The number of rotatable bonds is 30. The van der Waals surface area contributed by atoms with Gasteiger partial charge >= 0.3 is 0 Å². The highest BCUT2D eigenvalue weighted by Gasteiger charge is 2.14. The number of ether oxygens (including phenoxy) is 1. The van der Waals surface area contributed by atoms with Crippen molar-refractivity contribution in [3.05, 3.63) is 0 Å². The third kappa shape index (κ3) is 27.2. The first-order chi connectivity index (χ1) is 17.9. The number of aldehydes is 1. The molecular weight excluding hydrogens is 486 g/mol. The molecule has 1 N–H and O–H groups in total. The zero-order chi connectivity index (χ0) is 27.5. The highest BCUT2D eigenvalue weighted by Crippen LogP contribution is 2.44. The summed E-state index contributed by atoms with van der Waals surface area (Å²) in [4.78, 5) is 13.0. The van der Waals surface area contributed by atoms with Crippen molar-refractivity contribution >= 4 is 16.9 Å². The van der Waals surface area contributed by atoms with Gasteiger partial charge in [0.25, 0.3) is 0 Å². The van der Waals surface area contributed by atoms with E-state index < -0.39 is 10.6 Å². The third-order valence-electron chi connectivity index (χ3n) is 6.63. The molecule has 0 aromatic rings. The van der Waals surface area contributed by atoms with Crippen molar-refractivity contribution < 1.29 is 23.0 Å². The molecule has 0 saturated carbocycles. The van der Waals surface area contributed by atoms with Crippen LogP contribution in [-0.4, -0.2) is 74.5 Å². The Morgan fingerprint density at radius 3 is 1.84 bits per heavy atom. The van der Waals surface area contributed by atoms with Crippen LogP contribution in [-0.2, 0) is 17.9 Å². The molecule has 224 valence electrons. The maximum Gasteiger partial charge on any atom is 0.177 e. The van der Waals surface area contributed by atoms with Crippen LogP contribution in [0.2, 0.25) is 0 Å². The second kappa shape index (κ2) is 27.4. The van der Waals surface area contributed by atoms with E-state index in [0.29, 0.717) is 6.42 Å². The molecule has 0 aliphatic carbocycles. The Bertz CT molecular complexity index is 481. The van der Waals surface area contributed by atoms with Gasteiger partial charge in [-0.25, -0.2) is 0 Å². The maximum absolute atomic E-state index is 10.5. The summed E-state index contributed by atoms with van der Waals surface area (Å²) < 4.78 is 18.0. The molecule has 0 spiro atoms. The molecule has 1 unspecified atom stereocenters. The predicted octanol–water partition coefficient (Wildman–Crippen LogP) is 7.81. The van der Waals surface area contributed by atoms with Gasteiger partial charge < -0.3 is 19.5 Å². The fourth-order valence-electron chi connectivity index (χ4n) is 4.44. The highest BCUT2D eigenvalue weighted by molar-refractivity contribution is 8.24. The van der Waals surface area contributed by atoms with Crippen LogP contribution in [0.5, 0.6) is 0 Å². The second-order valence-corrected chi connectivity index (χ2v) is 13.4. The van der Waals surface area contributed by atoms with E-state index in [1.165, 1.54) is 64.2 Å². The van der Waals surface area contributed by atoms with Gasteiger partial charge in [0.1, 0.15) is 6.29 Å². The van der Waals surface area contributed by atoms with Crippen LogP contribution in [0.15, 0.2) is 0 Å². The van der Waals surface area contributed by atoms with Gasteiger partial charge in [0.05, 0.1) is 6.61 Å². The number of aliphatic hydroxyl groups excluding tert-OH is 1. The van der Waals surface area contributed by atoms with Crippen molar-refractivity contribution in [1.29, 1.82) is 0 Å². The Hall–Kier alpha value is -0.180. The molecule has 6 nitrogen and oxygen atoms in total. The Morgan fingerprint density at radius 2 is 1.24 bits per heavy atom. The molecule has 0 aromatic heterocycles. The summed E-state index contributed by atoms with van der Waals surface area (Å²) in [6.07, 6.45) is 25.9. The number of carbonyl (C=O) groups is 1. The molecule has 0 aliphatic heterocycles. The average molecular weight is 550 g/mol. The van der Waals surface area contributed by atoms with Crippen molar-refractivity contribution in [3.63, 3.8) is 0 Å². The predicted molar refractivity (Wildman–Crippen MR) is 160 cm³/mol.